The van der Waals surface area contributed by atoms with E-state index in [0.717, 1.165) is 40.3 Å². The second-order valence-electron chi connectivity index (χ2n) is 10.1. The molecule has 0 radical (unpaired) electrons. The van der Waals surface area contributed by atoms with E-state index in [4.69, 9.17) is 18.9 Å². The van der Waals surface area contributed by atoms with Crippen molar-refractivity contribution in [3.63, 3.8) is 0 Å². The van der Waals surface area contributed by atoms with Gasteiger partial charge >= 0.3 is 5.97 Å². The molecule has 6 nitrogen and oxygen atoms in total. The topological polar surface area (TPSA) is 81.8 Å². The highest BCUT2D eigenvalue weighted by atomic mass is 19.2. The van der Waals surface area contributed by atoms with Crippen LogP contribution in [-0.2, 0) is 17.6 Å². The van der Waals surface area contributed by atoms with Gasteiger partial charge in [0.05, 0.1) is 12.3 Å². The van der Waals surface area contributed by atoms with Crippen molar-refractivity contribution in [3.8, 4) is 34.1 Å². The first kappa shape index (κ1) is 28.5. The van der Waals surface area contributed by atoms with Gasteiger partial charge in [-0.3, -0.25) is 0 Å². The van der Waals surface area contributed by atoms with Crippen LogP contribution in [0.3, 0.4) is 0 Å². The largest absolute Gasteiger partial charge is 0.493 e. The molecule has 0 spiro atoms. The average molecular weight is 570 g/mol. The maximum Gasteiger partial charge on any atom is 0.348 e. The van der Waals surface area contributed by atoms with E-state index >= 15 is 0 Å². The van der Waals surface area contributed by atoms with Crippen LogP contribution in [0.25, 0.3) is 22.6 Å². The van der Waals surface area contributed by atoms with Crippen molar-refractivity contribution in [1.82, 2.24) is 4.98 Å². The normalized spacial score (nSPS) is 12.5. The molecule has 0 aliphatic heterocycles. The Morgan fingerprint density at radius 2 is 1.55 bits per heavy atom. The zero-order valence-electron chi connectivity index (χ0n) is 23.1. The summed E-state index contributed by atoms with van der Waals surface area (Å²) >= 11 is 0. The molecular weight excluding hydrogens is 540 g/mol. The molecule has 5 aromatic rings. The number of aryl methyl sites for hydroxylation is 1. The zero-order chi connectivity index (χ0) is 29.7. The van der Waals surface area contributed by atoms with Gasteiger partial charge in [0.15, 0.2) is 11.6 Å². The second-order valence-corrected chi connectivity index (χ2v) is 10.1. The number of benzene rings is 4. The van der Waals surface area contributed by atoms with E-state index in [9.17, 15) is 18.7 Å². The van der Waals surface area contributed by atoms with Crippen molar-refractivity contribution in [1.29, 1.82) is 0 Å². The summed E-state index contributed by atoms with van der Waals surface area (Å²) in [4.78, 5) is 16.7. The van der Waals surface area contributed by atoms with Crippen LogP contribution in [0, 0.1) is 18.6 Å². The fourth-order valence-corrected chi connectivity index (χ4v) is 4.56. The molecule has 1 N–H and O–H groups in total. The SMILES string of the molecule is Cc1oc(-c2cccc(-c3ccccc3)c2)nc1CCOc1ccc(CC(C)(Oc2ccc(F)c(F)c2)C(=O)O)cc1. The highest BCUT2D eigenvalue weighted by Crippen LogP contribution is 2.28. The summed E-state index contributed by atoms with van der Waals surface area (Å²) in [5, 5.41) is 9.79. The Labute approximate surface area is 242 Å². The lowest BCUT2D eigenvalue weighted by Gasteiger charge is -2.26. The number of carboxylic acid groups (broad SMARTS) is 1. The maximum absolute atomic E-state index is 13.6. The van der Waals surface area contributed by atoms with Crippen molar-refractivity contribution >= 4 is 5.97 Å². The van der Waals surface area contributed by atoms with E-state index in [-0.39, 0.29) is 12.2 Å². The van der Waals surface area contributed by atoms with Crippen molar-refractivity contribution in [2.75, 3.05) is 6.61 Å². The third-order valence-corrected chi connectivity index (χ3v) is 6.87. The van der Waals surface area contributed by atoms with E-state index in [0.29, 0.717) is 30.2 Å². The number of oxazole rings is 1. The smallest absolute Gasteiger partial charge is 0.348 e. The third kappa shape index (κ3) is 6.66. The van der Waals surface area contributed by atoms with Gasteiger partial charge in [-0.1, -0.05) is 54.6 Å². The average Bonchev–Trinajstić information content (AvgIpc) is 3.36. The summed E-state index contributed by atoms with van der Waals surface area (Å²) in [5.74, 6) is -1.58. The van der Waals surface area contributed by atoms with Crippen LogP contribution in [-0.4, -0.2) is 28.3 Å². The Balaban J connectivity index is 1.19. The molecule has 0 saturated carbocycles. The van der Waals surface area contributed by atoms with Gasteiger partial charge < -0.3 is 19.0 Å². The first-order valence-corrected chi connectivity index (χ1v) is 13.4. The van der Waals surface area contributed by atoms with Crippen LogP contribution in [0.2, 0.25) is 0 Å². The van der Waals surface area contributed by atoms with Gasteiger partial charge in [-0.2, -0.15) is 0 Å². The number of ether oxygens (including phenoxy) is 2. The molecule has 0 aliphatic rings. The molecule has 1 aromatic heterocycles. The van der Waals surface area contributed by atoms with Gasteiger partial charge in [-0.25, -0.2) is 18.6 Å². The standard InChI is InChI=1S/C34H29F2NO5/c1-22-31(37-32(41-22)26-10-6-9-25(19-26)24-7-4-3-5-8-24)17-18-40-27-13-11-23(12-14-27)21-34(2,33(38)39)42-28-15-16-29(35)30(36)20-28/h3-16,19-20H,17-18,21H2,1-2H3,(H,38,39). The number of hydrogen-bond donors (Lipinski definition) is 1. The molecule has 5 rings (SSSR count). The lowest BCUT2D eigenvalue weighted by Crippen LogP contribution is -2.43. The van der Waals surface area contributed by atoms with E-state index in [1.807, 2.05) is 37.3 Å². The first-order valence-electron chi connectivity index (χ1n) is 13.4. The van der Waals surface area contributed by atoms with E-state index in [1.165, 1.54) is 13.0 Å². The van der Waals surface area contributed by atoms with Crippen LogP contribution < -0.4 is 9.47 Å². The number of halogens is 2. The minimum absolute atomic E-state index is 0.00596. The van der Waals surface area contributed by atoms with E-state index < -0.39 is 23.2 Å². The van der Waals surface area contributed by atoms with Crippen LogP contribution in [0.15, 0.2) is 101 Å². The fraction of sp³-hybridized carbons (Fsp3) is 0.176. The molecule has 214 valence electrons. The fourth-order valence-electron chi connectivity index (χ4n) is 4.56. The zero-order valence-corrected chi connectivity index (χ0v) is 23.1. The third-order valence-electron chi connectivity index (χ3n) is 6.87. The van der Waals surface area contributed by atoms with Crippen molar-refractivity contribution in [2.24, 2.45) is 0 Å². The highest BCUT2D eigenvalue weighted by Gasteiger charge is 2.36. The van der Waals surface area contributed by atoms with Gasteiger partial charge in [-0.05, 0) is 66.9 Å². The number of aliphatic carboxylic acids is 1. The Kier molecular flexibility index (Phi) is 8.33. The molecule has 1 atom stereocenters. The minimum Gasteiger partial charge on any atom is -0.493 e. The van der Waals surface area contributed by atoms with Gasteiger partial charge in [0, 0.05) is 24.5 Å². The summed E-state index contributed by atoms with van der Waals surface area (Å²) in [6.07, 6.45) is 0.530. The van der Waals surface area contributed by atoms with Crippen LogP contribution >= 0.6 is 0 Å². The quantitative estimate of drug-likeness (QED) is 0.176. The van der Waals surface area contributed by atoms with E-state index in [2.05, 4.69) is 24.3 Å². The minimum atomic E-state index is -1.70. The molecule has 0 fully saturated rings. The number of nitrogens with zero attached hydrogens (tertiary/aromatic N) is 1. The van der Waals surface area contributed by atoms with Crippen molar-refractivity contribution in [3.05, 3.63) is 126 Å². The number of carbonyl (C=O) groups is 1. The monoisotopic (exact) mass is 569 g/mol. The summed E-state index contributed by atoms with van der Waals surface area (Å²) in [7, 11) is 0. The highest BCUT2D eigenvalue weighted by molar-refractivity contribution is 5.78. The molecule has 0 bridgehead atoms. The summed E-state index contributed by atoms with van der Waals surface area (Å²) < 4.78 is 44.3. The Bertz CT molecular complexity index is 1680. The maximum atomic E-state index is 13.6. The molecule has 0 amide bonds. The number of hydrogen-bond acceptors (Lipinski definition) is 5. The Morgan fingerprint density at radius 3 is 2.26 bits per heavy atom. The van der Waals surface area contributed by atoms with Gasteiger partial charge in [0.1, 0.15) is 17.3 Å². The Morgan fingerprint density at radius 1 is 0.857 bits per heavy atom. The molecule has 42 heavy (non-hydrogen) atoms. The molecule has 8 heteroatoms. The predicted molar refractivity (Wildman–Crippen MR) is 154 cm³/mol. The molecule has 0 saturated heterocycles. The predicted octanol–water partition coefficient (Wildman–Crippen LogP) is 7.68. The lowest BCUT2D eigenvalue weighted by molar-refractivity contribution is -0.153. The molecular formula is C34H29F2NO5. The van der Waals surface area contributed by atoms with Gasteiger partial charge in [-0.15, -0.1) is 0 Å². The second kappa shape index (κ2) is 12.3. The molecule has 0 aliphatic carbocycles. The van der Waals surface area contributed by atoms with Crippen LogP contribution in [0.5, 0.6) is 11.5 Å². The van der Waals surface area contributed by atoms with Crippen LogP contribution in [0.4, 0.5) is 8.78 Å². The Hall–Kier alpha value is -4.98. The number of carboxylic acids is 1. The molecule has 1 unspecified atom stereocenters. The molecule has 4 aromatic carbocycles. The van der Waals surface area contributed by atoms with Crippen molar-refractivity contribution < 1.29 is 32.6 Å². The first-order chi connectivity index (χ1) is 20.2. The van der Waals surface area contributed by atoms with Gasteiger partial charge in [0.2, 0.25) is 11.5 Å². The number of rotatable bonds is 11. The van der Waals surface area contributed by atoms with Crippen LogP contribution in [0.1, 0.15) is 23.9 Å². The van der Waals surface area contributed by atoms with Gasteiger partial charge in [0.25, 0.3) is 0 Å². The summed E-state index contributed by atoms with van der Waals surface area (Å²) in [6.45, 7) is 3.62. The molecule has 1 heterocycles. The van der Waals surface area contributed by atoms with E-state index in [1.54, 1.807) is 24.3 Å². The lowest BCUT2D eigenvalue weighted by atomic mass is 9.96. The summed E-state index contributed by atoms with van der Waals surface area (Å²) in [5.41, 5.74) is 2.87. The van der Waals surface area contributed by atoms with Crippen molar-refractivity contribution in [2.45, 2.75) is 32.3 Å². The summed E-state index contributed by atoms with van der Waals surface area (Å²) in [6, 6.07) is 28.1. The number of aromatic nitrogens is 1.